The maximum atomic E-state index is 12.3. The van der Waals surface area contributed by atoms with Crippen molar-refractivity contribution in [3.05, 3.63) is 59.7 Å². The minimum atomic E-state index is -0.316. The summed E-state index contributed by atoms with van der Waals surface area (Å²) in [6.45, 7) is 4.28. The molecule has 27 heavy (non-hydrogen) atoms. The van der Waals surface area contributed by atoms with Gasteiger partial charge in [0, 0.05) is 13.1 Å². The molecule has 0 spiro atoms. The van der Waals surface area contributed by atoms with Crippen LogP contribution in [0.15, 0.2) is 48.5 Å². The lowest BCUT2D eigenvalue weighted by atomic mass is 9.91. The van der Waals surface area contributed by atoms with E-state index in [-0.39, 0.29) is 5.97 Å². The number of hydrogen-bond acceptors (Lipinski definition) is 5. The molecule has 5 nitrogen and oxygen atoms in total. The Bertz CT molecular complexity index is 777. The number of benzene rings is 2. The number of rotatable bonds is 5. The molecular formula is C22H25NO4. The molecule has 1 atom stereocenters. The van der Waals surface area contributed by atoms with Crippen LogP contribution in [-0.4, -0.2) is 50.3 Å². The van der Waals surface area contributed by atoms with Gasteiger partial charge >= 0.3 is 5.97 Å². The lowest BCUT2D eigenvalue weighted by molar-refractivity contribution is 0.0445. The van der Waals surface area contributed by atoms with Crippen molar-refractivity contribution < 1.29 is 19.0 Å². The van der Waals surface area contributed by atoms with Crippen LogP contribution in [0.1, 0.15) is 34.7 Å². The summed E-state index contributed by atoms with van der Waals surface area (Å²) in [7, 11) is 0. The lowest BCUT2D eigenvalue weighted by Gasteiger charge is -2.32. The molecule has 0 aliphatic carbocycles. The third kappa shape index (κ3) is 4.42. The van der Waals surface area contributed by atoms with Crippen LogP contribution in [0.5, 0.6) is 11.5 Å². The van der Waals surface area contributed by atoms with Crippen molar-refractivity contribution in [1.82, 2.24) is 4.90 Å². The van der Waals surface area contributed by atoms with Crippen LogP contribution < -0.4 is 9.47 Å². The molecule has 2 aliphatic heterocycles. The minimum absolute atomic E-state index is 0.316. The van der Waals surface area contributed by atoms with Gasteiger partial charge in [-0.25, -0.2) is 4.79 Å². The Balaban J connectivity index is 1.27. The summed E-state index contributed by atoms with van der Waals surface area (Å²) in [5.74, 6) is 1.53. The van der Waals surface area contributed by atoms with Gasteiger partial charge in [0.25, 0.3) is 0 Å². The van der Waals surface area contributed by atoms with Gasteiger partial charge in [0.15, 0.2) is 11.5 Å². The van der Waals surface area contributed by atoms with E-state index >= 15 is 0 Å². The van der Waals surface area contributed by atoms with E-state index in [4.69, 9.17) is 14.2 Å². The van der Waals surface area contributed by atoms with E-state index < -0.39 is 0 Å². The Morgan fingerprint density at radius 3 is 2.74 bits per heavy atom. The van der Waals surface area contributed by atoms with Crippen molar-refractivity contribution >= 4 is 5.97 Å². The van der Waals surface area contributed by atoms with Gasteiger partial charge in [-0.05, 0) is 49.1 Å². The first-order chi connectivity index (χ1) is 13.3. The third-order valence-electron chi connectivity index (χ3n) is 5.20. The van der Waals surface area contributed by atoms with Gasteiger partial charge in [-0.3, -0.25) is 4.90 Å². The lowest BCUT2D eigenvalue weighted by Crippen LogP contribution is -2.37. The number of hydrogen-bond donors (Lipinski definition) is 0. The van der Waals surface area contributed by atoms with Crippen molar-refractivity contribution in [2.45, 2.75) is 18.8 Å². The van der Waals surface area contributed by atoms with Crippen LogP contribution >= 0.6 is 0 Å². The van der Waals surface area contributed by atoms with Crippen molar-refractivity contribution in [1.29, 1.82) is 0 Å². The highest BCUT2D eigenvalue weighted by Crippen LogP contribution is 2.31. The van der Waals surface area contributed by atoms with Crippen molar-refractivity contribution in [2.75, 3.05) is 39.5 Å². The van der Waals surface area contributed by atoms with Crippen molar-refractivity contribution in [2.24, 2.45) is 0 Å². The number of esters is 1. The molecule has 5 heteroatoms. The molecule has 2 aliphatic rings. The molecule has 2 aromatic rings. The highest BCUT2D eigenvalue weighted by molar-refractivity contribution is 5.90. The number of fused-ring (bicyclic) bond motifs is 1. The van der Waals surface area contributed by atoms with Crippen molar-refractivity contribution in [3.63, 3.8) is 0 Å². The zero-order valence-electron chi connectivity index (χ0n) is 15.4. The summed E-state index contributed by atoms with van der Waals surface area (Å²) in [6.07, 6.45) is 2.40. The van der Waals surface area contributed by atoms with E-state index in [1.165, 1.54) is 18.4 Å². The fraction of sp³-hybridized carbons (Fsp3) is 0.409. The number of nitrogens with zero attached hydrogens (tertiary/aromatic N) is 1. The number of carbonyl (C=O) groups is 1. The molecule has 0 radical (unpaired) electrons. The fourth-order valence-electron chi connectivity index (χ4n) is 3.78. The Morgan fingerprint density at radius 2 is 1.89 bits per heavy atom. The second-order valence-corrected chi connectivity index (χ2v) is 7.04. The van der Waals surface area contributed by atoms with Gasteiger partial charge in [0.1, 0.15) is 19.8 Å². The molecule has 2 heterocycles. The zero-order valence-corrected chi connectivity index (χ0v) is 15.4. The Morgan fingerprint density at radius 1 is 1.07 bits per heavy atom. The highest BCUT2D eigenvalue weighted by atomic mass is 16.6. The van der Waals surface area contributed by atoms with Crippen LogP contribution in [-0.2, 0) is 4.74 Å². The largest absolute Gasteiger partial charge is 0.486 e. The molecule has 1 fully saturated rings. The van der Waals surface area contributed by atoms with Crippen LogP contribution in [0.3, 0.4) is 0 Å². The van der Waals surface area contributed by atoms with Crippen LogP contribution in [0.4, 0.5) is 0 Å². The van der Waals surface area contributed by atoms with E-state index in [0.29, 0.717) is 42.8 Å². The SMILES string of the molecule is O=C(OCCN1CCC[C@@H](c2ccccc2)C1)c1ccc2c(c1)OCCO2. The van der Waals surface area contributed by atoms with E-state index in [0.717, 1.165) is 19.6 Å². The van der Waals surface area contributed by atoms with Gasteiger partial charge < -0.3 is 14.2 Å². The number of likely N-dealkylation sites (tertiary alicyclic amines) is 1. The van der Waals surface area contributed by atoms with Crippen molar-refractivity contribution in [3.8, 4) is 11.5 Å². The summed E-state index contributed by atoms with van der Waals surface area (Å²) in [5, 5.41) is 0. The molecule has 0 aromatic heterocycles. The van der Waals surface area contributed by atoms with Gasteiger partial charge in [-0.2, -0.15) is 0 Å². The zero-order chi connectivity index (χ0) is 18.5. The molecule has 0 N–H and O–H groups in total. The monoisotopic (exact) mass is 367 g/mol. The summed E-state index contributed by atoms with van der Waals surface area (Å²) < 4.78 is 16.5. The molecule has 0 amide bonds. The second-order valence-electron chi connectivity index (χ2n) is 7.04. The summed E-state index contributed by atoms with van der Waals surface area (Å²) >= 11 is 0. The van der Waals surface area contributed by atoms with Crippen LogP contribution in [0, 0.1) is 0 Å². The van der Waals surface area contributed by atoms with E-state index in [2.05, 4.69) is 35.2 Å². The first-order valence-corrected chi connectivity index (χ1v) is 9.64. The average molecular weight is 367 g/mol. The first kappa shape index (κ1) is 17.9. The Labute approximate surface area is 159 Å². The number of piperidine rings is 1. The van der Waals surface area contributed by atoms with E-state index in [1.807, 2.05) is 0 Å². The smallest absolute Gasteiger partial charge is 0.338 e. The predicted octanol–water partition coefficient (Wildman–Crippen LogP) is 3.49. The standard InChI is InChI=1S/C22H25NO4/c24-22(18-8-9-20-21(15-18)26-14-13-25-20)27-12-11-23-10-4-7-19(16-23)17-5-2-1-3-6-17/h1-3,5-6,8-9,15,19H,4,7,10-14,16H2/t19-/m1/s1. The molecule has 142 valence electrons. The maximum Gasteiger partial charge on any atom is 0.338 e. The number of ether oxygens (including phenoxy) is 3. The molecule has 0 unspecified atom stereocenters. The molecule has 2 aromatic carbocycles. The third-order valence-corrected chi connectivity index (χ3v) is 5.20. The Kier molecular flexibility index (Phi) is 5.58. The van der Waals surface area contributed by atoms with Gasteiger partial charge in [-0.15, -0.1) is 0 Å². The topological polar surface area (TPSA) is 48.0 Å². The summed E-state index contributed by atoms with van der Waals surface area (Å²) in [4.78, 5) is 14.7. The van der Waals surface area contributed by atoms with Gasteiger partial charge in [-0.1, -0.05) is 30.3 Å². The first-order valence-electron chi connectivity index (χ1n) is 9.64. The normalized spacial score (nSPS) is 19.5. The molecule has 0 bridgehead atoms. The summed E-state index contributed by atoms with van der Waals surface area (Å²) in [5.41, 5.74) is 1.90. The molecular weight excluding hydrogens is 342 g/mol. The maximum absolute atomic E-state index is 12.3. The van der Waals surface area contributed by atoms with E-state index in [9.17, 15) is 4.79 Å². The minimum Gasteiger partial charge on any atom is -0.486 e. The van der Waals surface area contributed by atoms with E-state index in [1.54, 1.807) is 18.2 Å². The fourth-order valence-corrected chi connectivity index (χ4v) is 3.78. The predicted molar refractivity (Wildman–Crippen MR) is 103 cm³/mol. The van der Waals surface area contributed by atoms with Gasteiger partial charge in [0.2, 0.25) is 0 Å². The summed E-state index contributed by atoms with van der Waals surface area (Å²) in [6, 6.07) is 15.9. The molecule has 1 saturated heterocycles. The van der Waals surface area contributed by atoms with Crippen LogP contribution in [0.2, 0.25) is 0 Å². The highest BCUT2D eigenvalue weighted by Gasteiger charge is 2.21. The Hall–Kier alpha value is -2.53. The van der Waals surface area contributed by atoms with Crippen LogP contribution in [0.25, 0.3) is 0 Å². The molecule has 4 rings (SSSR count). The number of carbonyl (C=O) groups excluding carboxylic acids is 1. The quantitative estimate of drug-likeness (QED) is 0.757. The average Bonchev–Trinajstić information content (AvgIpc) is 2.74. The molecule has 0 saturated carbocycles. The van der Waals surface area contributed by atoms with Gasteiger partial charge in [0.05, 0.1) is 5.56 Å². The second kappa shape index (κ2) is 8.44.